The van der Waals surface area contributed by atoms with Gasteiger partial charge in [0.1, 0.15) is 11.5 Å². The molecule has 0 saturated carbocycles. The van der Waals surface area contributed by atoms with E-state index in [2.05, 4.69) is 32.8 Å². The molecule has 0 spiro atoms. The summed E-state index contributed by atoms with van der Waals surface area (Å²) in [5.74, 6) is -0.0603. The largest absolute Gasteiger partial charge is 0.508 e. The summed E-state index contributed by atoms with van der Waals surface area (Å²) in [5.41, 5.74) is 1.46. The van der Waals surface area contributed by atoms with E-state index in [0.717, 1.165) is 3.57 Å². The Morgan fingerprint density at radius 3 is 2.27 bits per heavy atom. The minimum Gasteiger partial charge on any atom is -0.508 e. The van der Waals surface area contributed by atoms with Gasteiger partial charge in [-0.05, 0) is 64.4 Å². The maximum Gasteiger partial charge on any atom is 0.251 e. The molecule has 0 bridgehead atoms. The van der Waals surface area contributed by atoms with Crippen molar-refractivity contribution >= 4 is 33.3 Å². The van der Waals surface area contributed by atoms with Crippen molar-refractivity contribution < 1.29 is 18.6 Å². The zero-order chi connectivity index (χ0) is 19.0. The van der Waals surface area contributed by atoms with Crippen LogP contribution in [0.25, 0.3) is 17.1 Å². The third-order valence-corrected chi connectivity index (χ3v) is 5.24. The minimum absolute atomic E-state index is 0.000337. The molecular weight excluding hydrogens is 469 g/mol. The molecule has 7 nitrogen and oxygen atoms in total. The average Bonchev–Trinajstić information content (AvgIpc) is 3.00. The number of aromatic nitrogens is 3. The fourth-order valence-corrected chi connectivity index (χ4v) is 3.48. The van der Waals surface area contributed by atoms with Gasteiger partial charge in [0.05, 0.1) is 5.56 Å². The number of hydrogen-bond donors (Lipinski definition) is 3. The van der Waals surface area contributed by atoms with Crippen LogP contribution in [0.15, 0.2) is 41.6 Å². The van der Waals surface area contributed by atoms with Crippen LogP contribution in [-0.2, 0) is 10.7 Å². The SMILES string of the molecule is CC(C)c1cc(-c2nnc([SH](=O)=O)n2-c2ccc(I)cc2)c(O)cc1O. The van der Waals surface area contributed by atoms with Gasteiger partial charge in [0.2, 0.25) is 10.7 Å². The molecule has 0 radical (unpaired) electrons. The summed E-state index contributed by atoms with van der Waals surface area (Å²) >= 11 is 2.15. The summed E-state index contributed by atoms with van der Waals surface area (Å²) in [6.07, 6.45) is 0. The first kappa shape index (κ1) is 18.6. The van der Waals surface area contributed by atoms with Crippen LogP contribution in [0.5, 0.6) is 11.5 Å². The standard InChI is InChI=1S/C17H16IN3O4S/c1-9(2)12-7-13(15(23)8-14(12)22)16-19-20-17(26(24)25)21(16)11-5-3-10(18)4-6-11/h3-9,22-23,26H,1-2H3. The zero-order valence-corrected chi connectivity index (χ0v) is 17.0. The van der Waals surface area contributed by atoms with Crippen LogP contribution in [-0.4, -0.2) is 33.4 Å². The summed E-state index contributed by atoms with van der Waals surface area (Å²) in [6, 6.07) is 9.99. The summed E-state index contributed by atoms with van der Waals surface area (Å²) in [4.78, 5) is 0. The first-order valence-corrected chi connectivity index (χ1v) is 9.97. The van der Waals surface area contributed by atoms with E-state index in [4.69, 9.17) is 0 Å². The maximum atomic E-state index is 11.6. The lowest BCUT2D eigenvalue weighted by Gasteiger charge is -2.14. The van der Waals surface area contributed by atoms with Crippen LogP contribution in [0.1, 0.15) is 25.3 Å². The van der Waals surface area contributed by atoms with Crippen LogP contribution in [0.2, 0.25) is 0 Å². The van der Waals surface area contributed by atoms with Gasteiger partial charge >= 0.3 is 0 Å². The molecule has 26 heavy (non-hydrogen) atoms. The molecule has 0 atom stereocenters. The third-order valence-electron chi connectivity index (χ3n) is 3.90. The van der Waals surface area contributed by atoms with Crippen LogP contribution in [0, 0.1) is 3.57 Å². The Morgan fingerprint density at radius 1 is 1.04 bits per heavy atom. The molecule has 0 amide bonds. The Hall–Kier alpha value is -2.14. The molecule has 1 aromatic heterocycles. The van der Waals surface area contributed by atoms with Crippen molar-refractivity contribution in [2.45, 2.75) is 24.9 Å². The van der Waals surface area contributed by atoms with E-state index in [-0.39, 0.29) is 28.4 Å². The molecule has 0 aliphatic heterocycles. The second-order valence-electron chi connectivity index (χ2n) is 5.98. The molecule has 1 heterocycles. The van der Waals surface area contributed by atoms with Crippen LogP contribution < -0.4 is 0 Å². The monoisotopic (exact) mass is 485 g/mol. The number of thiol groups is 1. The van der Waals surface area contributed by atoms with Crippen molar-refractivity contribution in [3.8, 4) is 28.6 Å². The van der Waals surface area contributed by atoms with E-state index in [0.29, 0.717) is 16.8 Å². The second-order valence-corrected chi connectivity index (χ2v) is 8.14. The Morgan fingerprint density at radius 2 is 1.69 bits per heavy atom. The average molecular weight is 485 g/mol. The molecule has 0 unspecified atom stereocenters. The summed E-state index contributed by atoms with van der Waals surface area (Å²) in [5, 5.41) is 27.9. The molecule has 0 aliphatic carbocycles. The second kappa shape index (κ2) is 7.23. The summed E-state index contributed by atoms with van der Waals surface area (Å²) in [7, 11) is -3.00. The van der Waals surface area contributed by atoms with Crippen molar-refractivity contribution in [1.29, 1.82) is 0 Å². The highest BCUT2D eigenvalue weighted by Gasteiger charge is 2.22. The Bertz CT molecular complexity index is 1030. The molecule has 2 N–H and O–H groups in total. The number of phenols is 2. The lowest BCUT2D eigenvalue weighted by Crippen LogP contribution is -2.03. The van der Waals surface area contributed by atoms with Gasteiger partial charge in [0.25, 0.3) is 5.16 Å². The van der Waals surface area contributed by atoms with Gasteiger partial charge < -0.3 is 10.2 Å². The number of hydrogen-bond acceptors (Lipinski definition) is 6. The van der Waals surface area contributed by atoms with Gasteiger partial charge in [-0.2, -0.15) is 0 Å². The Balaban J connectivity index is 2.30. The van der Waals surface area contributed by atoms with Crippen molar-refractivity contribution in [3.63, 3.8) is 0 Å². The Labute approximate surface area is 165 Å². The van der Waals surface area contributed by atoms with Crippen LogP contribution >= 0.6 is 22.6 Å². The lowest BCUT2D eigenvalue weighted by atomic mass is 9.98. The van der Waals surface area contributed by atoms with E-state index in [9.17, 15) is 18.6 Å². The van der Waals surface area contributed by atoms with Gasteiger partial charge in [0, 0.05) is 15.3 Å². The molecule has 0 saturated heterocycles. The fourth-order valence-electron chi connectivity index (χ4n) is 2.63. The van der Waals surface area contributed by atoms with Gasteiger partial charge in [-0.25, -0.2) is 8.42 Å². The van der Waals surface area contributed by atoms with Crippen molar-refractivity contribution in [1.82, 2.24) is 14.8 Å². The van der Waals surface area contributed by atoms with E-state index >= 15 is 0 Å². The van der Waals surface area contributed by atoms with Gasteiger partial charge in [-0.15, -0.1) is 10.2 Å². The van der Waals surface area contributed by atoms with Crippen molar-refractivity contribution in [3.05, 3.63) is 45.5 Å². The van der Waals surface area contributed by atoms with E-state index in [1.54, 1.807) is 18.2 Å². The number of phenolic OH excluding ortho intramolecular Hbond substituents is 2. The highest BCUT2D eigenvalue weighted by molar-refractivity contribution is 14.1. The quantitative estimate of drug-likeness (QED) is 0.388. The smallest absolute Gasteiger partial charge is 0.251 e. The Kier molecular flexibility index (Phi) is 5.19. The minimum atomic E-state index is -3.00. The lowest BCUT2D eigenvalue weighted by molar-refractivity contribution is 0.444. The summed E-state index contributed by atoms with van der Waals surface area (Å²) < 4.78 is 25.6. The molecule has 136 valence electrons. The first-order valence-electron chi connectivity index (χ1n) is 7.71. The number of benzene rings is 2. The highest BCUT2D eigenvalue weighted by atomic mass is 127. The molecule has 0 fully saturated rings. The van der Waals surface area contributed by atoms with Gasteiger partial charge in [-0.3, -0.25) is 4.57 Å². The van der Waals surface area contributed by atoms with Crippen molar-refractivity contribution in [2.24, 2.45) is 0 Å². The number of aromatic hydroxyl groups is 2. The normalized spacial score (nSPS) is 11.4. The van der Waals surface area contributed by atoms with Crippen LogP contribution in [0.3, 0.4) is 0 Å². The fraction of sp³-hybridized carbons (Fsp3) is 0.176. The molecule has 2 aromatic carbocycles. The molecular formula is C17H16IN3O4S. The topological polar surface area (TPSA) is 105 Å². The molecule has 0 aliphatic rings. The number of rotatable bonds is 4. The third kappa shape index (κ3) is 3.40. The molecule has 3 rings (SSSR count). The predicted octanol–water partition coefficient (Wildman–Crippen LogP) is 3.04. The van der Waals surface area contributed by atoms with Crippen LogP contribution in [0.4, 0.5) is 0 Å². The molecule has 3 aromatic rings. The van der Waals surface area contributed by atoms with Crippen molar-refractivity contribution in [2.75, 3.05) is 0 Å². The van der Waals surface area contributed by atoms with E-state index in [1.165, 1.54) is 10.6 Å². The highest BCUT2D eigenvalue weighted by Crippen LogP contribution is 2.38. The number of nitrogens with zero attached hydrogens (tertiary/aromatic N) is 3. The summed E-state index contributed by atoms with van der Waals surface area (Å²) in [6.45, 7) is 3.80. The van der Waals surface area contributed by atoms with Gasteiger partial charge in [-0.1, -0.05) is 13.8 Å². The zero-order valence-electron chi connectivity index (χ0n) is 13.9. The first-order chi connectivity index (χ1) is 12.3. The predicted molar refractivity (Wildman–Crippen MR) is 106 cm³/mol. The molecule has 9 heteroatoms. The van der Waals surface area contributed by atoms with E-state index in [1.807, 2.05) is 26.0 Å². The number of halogens is 1. The van der Waals surface area contributed by atoms with Gasteiger partial charge in [0.15, 0.2) is 5.82 Å². The maximum absolute atomic E-state index is 11.6. The van der Waals surface area contributed by atoms with E-state index < -0.39 is 10.7 Å².